The average Bonchev–Trinajstić information content (AvgIpc) is 2.69. The van der Waals surface area contributed by atoms with Crippen LogP contribution in [0.4, 0.5) is 18.9 Å². The van der Waals surface area contributed by atoms with Gasteiger partial charge in [-0.2, -0.15) is 13.2 Å². The Morgan fingerprint density at radius 1 is 1.13 bits per heavy atom. The molecule has 30 heavy (non-hydrogen) atoms. The fraction of sp³-hybridized carbons (Fsp3) is 0.318. The van der Waals surface area contributed by atoms with E-state index in [9.17, 15) is 22.8 Å². The smallest absolute Gasteiger partial charge is 0.311 e. The van der Waals surface area contributed by atoms with Gasteiger partial charge < -0.3 is 4.90 Å². The second-order valence-electron chi connectivity index (χ2n) is 6.97. The number of aromatic nitrogens is 2. The van der Waals surface area contributed by atoms with Gasteiger partial charge in [0.2, 0.25) is 11.6 Å². The van der Waals surface area contributed by atoms with Crippen LogP contribution in [0, 0.1) is 6.92 Å². The van der Waals surface area contributed by atoms with Crippen LogP contribution in [0.2, 0.25) is 0 Å². The van der Waals surface area contributed by atoms with Gasteiger partial charge in [-0.25, -0.2) is 4.98 Å². The first-order valence-electron chi connectivity index (χ1n) is 9.65. The lowest BCUT2D eigenvalue weighted by molar-refractivity contribution is -0.142. The van der Waals surface area contributed by atoms with E-state index < -0.39 is 29.4 Å². The fourth-order valence-electron chi connectivity index (χ4n) is 3.56. The zero-order valence-electron chi connectivity index (χ0n) is 16.9. The molecule has 0 aliphatic rings. The molecule has 0 aliphatic heterocycles. The molecule has 3 aromatic rings. The van der Waals surface area contributed by atoms with Crippen molar-refractivity contribution in [1.82, 2.24) is 9.55 Å². The summed E-state index contributed by atoms with van der Waals surface area (Å²) in [5, 5.41) is 0. The molecule has 3 rings (SSSR count). The number of aryl methyl sites for hydroxylation is 1. The van der Waals surface area contributed by atoms with Crippen LogP contribution in [0.5, 0.6) is 0 Å². The summed E-state index contributed by atoms with van der Waals surface area (Å²) in [7, 11) is 0. The maximum absolute atomic E-state index is 13.5. The number of hydrogen-bond donors (Lipinski definition) is 0. The molecule has 8 heteroatoms. The van der Waals surface area contributed by atoms with E-state index >= 15 is 0 Å². The van der Waals surface area contributed by atoms with Gasteiger partial charge in [-0.05, 0) is 50.1 Å². The largest absolute Gasteiger partial charge is 0.438 e. The van der Waals surface area contributed by atoms with Crippen LogP contribution >= 0.6 is 0 Å². The van der Waals surface area contributed by atoms with Crippen LogP contribution in [0.3, 0.4) is 0 Å². The van der Waals surface area contributed by atoms with Crippen LogP contribution in [-0.4, -0.2) is 22.0 Å². The van der Waals surface area contributed by atoms with E-state index in [0.29, 0.717) is 12.2 Å². The van der Waals surface area contributed by atoms with Crippen LogP contribution in [0.1, 0.15) is 37.6 Å². The van der Waals surface area contributed by atoms with Crippen LogP contribution in [-0.2, 0) is 11.0 Å². The summed E-state index contributed by atoms with van der Waals surface area (Å²) in [5.74, 6) is -0.447. The monoisotopic (exact) mass is 417 g/mol. The molecule has 0 spiro atoms. The Balaban J connectivity index is 2.22. The molecule has 1 unspecified atom stereocenters. The van der Waals surface area contributed by atoms with Crippen molar-refractivity contribution in [2.75, 3.05) is 11.4 Å². The number of halogens is 3. The lowest BCUT2D eigenvalue weighted by atomic mass is 10.1. The van der Waals surface area contributed by atoms with E-state index in [-0.39, 0.29) is 17.5 Å². The molecule has 1 atom stereocenters. The quantitative estimate of drug-likeness (QED) is 0.603. The molecule has 5 nitrogen and oxygen atoms in total. The van der Waals surface area contributed by atoms with Gasteiger partial charge in [0, 0.05) is 12.2 Å². The summed E-state index contributed by atoms with van der Waals surface area (Å²) in [6.45, 7) is 5.64. The van der Waals surface area contributed by atoms with Gasteiger partial charge in [0.25, 0.3) is 5.56 Å². The molecule has 1 aromatic heterocycles. The number of amides is 1. The highest BCUT2D eigenvalue weighted by Crippen LogP contribution is 2.29. The maximum Gasteiger partial charge on any atom is 0.438 e. The second-order valence-corrected chi connectivity index (χ2v) is 6.97. The van der Waals surface area contributed by atoms with Crippen molar-refractivity contribution < 1.29 is 18.0 Å². The lowest BCUT2D eigenvalue weighted by Gasteiger charge is -2.28. The molecule has 158 valence electrons. The minimum Gasteiger partial charge on any atom is -0.311 e. The molecule has 0 N–H and O–H groups in total. The Bertz CT molecular complexity index is 1140. The molecule has 0 saturated heterocycles. The van der Waals surface area contributed by atoms with Gasteiger partial charge in [-0.15, -0.1) is 0 Å². The third kappa shape index (κ3) is 3.94. The average molecular weight is 417 g/mol. The summed E-state index contributed by atoms with van der Waals surface area (Å²) in [6.07, 6.45) is -4.78. The van der Waals surface area contributed by atoms with E-state index in [0.717, 1.165) is 10.1 Å². The van der Waals surface area contributed by atoms with Crippen molar-refractivity contribution in [2.45, 2.75) is 39.4 Å². The number of hydrogen-bond acceptors (Lipinski definition) is 3. The highest BCUT2D eigenvalue weighted by Gasteiger charge is 2.39. The Morgan fingerprint density at radius 2 is 1.83 bits per heavy atom. The molecular weight excluding hydrogens is 395 g/mol. The first-order chi connectivity index (χ1) is 14.2. The Hall–Kier alpha value is -3.16. The van der Waals surface area contributed by atoms with Gasteiger partial charge in [0.15, 0.2) is 0 Å². The summed E-state index contributed by atoms with van der Waals surface area (Å²) < 4.78 is 41.4. The summed E-state index contributed by atoms with van der Waals surface area (Å²) in [5.41, 5.74) is -1.07. The molecule has 0 fully saturated rings. The predicted octanol–water partition coefficient (Wildman–Crippen LogP) is 4.73. The van der Waals surface area contributed by atoms with Gasteiger partial charge >= 0.3 is 6.18 Å². The van der Waals surface area contributed by atoms with Crippen molar-refractivity contribution >= 4 is 22.6 Å². The number of nitrogens with zero attached hydrogens (tertiary/aromatic N) is 3. The fourth-order valence-corrected chi connectivity index (χ4v) is 3.56. The predicted molar refractivity (Wildman–Crippen MR) is 110 cm³/mol. The van der Waals surface area contributed by atoms with E-state index in [1.807, 2.05) is 19.1 Å². The van der Waals surface area contributed by atoms with Crippen molar-refractivity contribution in [3.63, 3.8) is 0 Å². The number of fused-ring (bicyclic) bond motifs is 1. The van der Waals surface area contributed by atoms with Crippen LogP contribution in [0.25, 0.3) is 11.0 Å². The standard InChI is InChI=1S/C22H22F3N3O2/c1-4-17(20(29)27(5-2)15-10-8-9-14(3)13-15)28-18-12-7-6-11-16(18)26-19(21(28)30)22(23,24)25/h6-13,17H,4-5H2,1-3H3. The Morgan fingerprint density at radius 3 is 2.43 bits per heavy atom. The number of anilines is 1. The van der Waals surface area contributed by atoms with E-state index in [4.69, 9.17) is 0 Å². The highest BCUT2D eigenvalue weighted by atomic mass is 19.4. The van der Waals surface area contributed by atoms with Crippen LogP contribution < -0.4 is 10.5 Å². The minimum absolute atomic E-state index is 0.00859. The van der Waals surface area contributed by atoms with Crippen molar-refractivity contribution in [2.24, 2.45) is 0 Å². The Kier molecular flexibility index (Phi) is 5.96. The summed E-state index contributed by atoms with van der Waals surface area (Å²) in [4.78, 5) is 31.3. The zero-order valence-corrected chi connectivity index (χ0v) is 16.9. The molecule has 0 aliphatic carbocycles. The number of likely N-dealkylation sites (N-methyl/N-ethyl adjacent to an activating group) is 1. The second kappa shape index (κ2) is 8.30. The van der Waals surface area contributed by atoms with Gasteiger partial charge in [-0.1, -0.05) is 31.2 Å². The number of alkyl halides is 3. The molecule has 2 aromatic carbocycles. The van der Waals surface area contributed by atoms with Gasteiger partial charge in [-0.3, -0.25) is 14.2 Å². The molecular formula is C22H22F3N3O2. The molecule has 0 bridgehead atoms. The van der Waals surface area contributed by atoms with Gasteiger partial charge in [0.05, 0.1) is 11.0 Å². The number of benzene rings is 2. The van der Waals surface area contributed by atoms with E-state index in [1.54, 1.807) is 32.0 Å². The summed E-state index contributed by atoms with van der Waals surface area (Å²) in [6, 6.07) is 12.2. The minimum atomic E-state index is -4.93. The maximum atomic E-state index is 13.5. The van der Waals surface area contributed by atoms with E-state index in [1.165, 1.54) is 23.1 Å². The third-order valence-corrected chi connectivity index (χ3v) is 4.94. The molecule has 0 radical (unpaired) electrons. The number of rotatable bonds is 5. The first-order valence-corrected chi connectivity index (χ1v) is 9.65. The van der Waals surface area contributed by atoms with Crippen molar-refractivity contribution in [3.05, 3.63) is 70.1 Å². The SMILES string of the molecule is CCC(C(=O)N(CC)c1cccc(C)c1)n1c(=O)c(C(F)(F)F)nc2ccccc21. The topological polar surface area (TPSA) is 55.2 Å². The summed E-state index contributed by atoms with van der Waals surface area (Å²) >= 11 is 0. The third-order valence-electron chi connectivity index (χ3n) is 4.94. The Labute approximate surface area is 171 Å². The number of carbonyl (C=O) groups excluding carboxylic acids is 1. The first kappa shape index (κ1) is 21.5. The molecule has 1 amide bonds. The molecule has 1 heterocycles. The highest BCUT2D eigenvalue weighted by molar-refractivity contribution is 5.97. The number of para-hydroxylation sites is 2. The van der Waals surface area contributed by atoms with Gasteiger partial charge in [0.1, 0.15) is 6.04 Å². The normalized spacial score (nSPS) is 12.7. The zero-order chi connectivity index (χ0) is 22.1. The van der Waals surface area contributed by atoms with Crippen molar-refractivity contribution in [3.8, 4) is 0 Å². The van der Waals surface area contributed by atoms with Crippen molar-refractivity contribution in [1.29, 1.82) is 0 Å². The van der Waals surface area contributed by atoms with Crippen LogP contribution in [0.15, 0.2) is 53.3 Å². The lowest BCUT2D eigenvalue weighted by Crippen LogP contribution is -2.42. The number of carbonyl (C=O) groups is 1. The molecule has 0 saturated carbocycles. The van der Waals surface area contributed by atoms with E-state index in [2.05, 4.69) is 4.98 Å².